The second kappa shape index (κ2) is 13.5. The molecule has 3 aromatic rings. The molecule has 0 bridgehead atoms. The average molecular weight is 513 g/mol. The summed E-state index contributed by atoms with van der Waals surface area (Å²) < 4.78 is 5.68. The molecule has 0 saturated carbocycles. The van der Waals surface area contributed by atoms with Gasteiger partial charge in [0.25, 0.3) is 0 Å². The van der Waals surface area contributed by atoms with Gasteiger partial charge in [-0.3, -0.25) is 4.79 Å². The number of thioether (sulfide) groups is 2. The number of halogens is 1. The van der Waals surface area contributed by atoms with Crippen LogP contribution in [0.4, 0.5) is 0 Å². The third-order valence-corrected chi connectivity index (χ3v) is 7.46. The molecule has 1 heterocycles. The molecular weight excluding hydrogens is 491 g/mol. The number of hydrogen-bond acceptors (Lipinski definition) is 7. The summed E-state index contributed by atoms with van der Waals surface area (Å²) in [6, 6.07) is 16.9. The second-order valence-electron chi connectivity index (χ2n) is 7.11. The van der Waals surface area contributed by atoms with E-state index in [0.717, 1.165) is 22.2 Å². The second-order valence-corrected chi connectivity index (χ2v) is 10.0. The molecule has 168 valence electrons. The van der Waals surface area contributed by atoms with Gasteiger partial charge < -0.3 is 19.5 Å². The zero-order valence-corrected chi connectivity index (χ0v) is 23.0. The maximum atomic E-state index is 12.0. The molecule has 0 spiro atoms. The Morgan fingerprint density at radius 1 is 1.09 bits per heavy atom. The minimum Gasteiger partial charge on any atom is -0.549 e. The van der Waals surface area contributed by atoms with Crippen LogP contribution < -0.4 is 39.4 Å². The Balaban J connectivity index is 0.00000385. The predicted octanol–water partition coefficient (Wildman–Crippen LogP) is 0.774. The molecule has 0 radical (unpaired) electrons. The van der Waals surface area contributed by atoms with Gasteiger partial charge in [-0.2, -0.15) is 0 Å². The van der Waals surface area contributed by atoms with E-state index in [0.29, 0.717) is 10.8 Å². The van der Waals surface area contributed by atoms with Crippen molar-refractivity contribution >= 4 is 57.9 Å². The number of rotatable bonds is 10. The van der Waals surface area contributed by atoms with Crippen molar-refractivity contribution in [3.63, 3.8) is 0 Å². The summed E-state index contributed by atoms with van der Waals surface area (Å²) >= 11 is 8.65. The van der Waals surface area contributed by atoms with E-state index >= 15 is 0 Å². The van der Waals surface area contributed by atoms with Crippen LogP contribution in [-0.2, 0) is 16.2 Å². The Labute approximate surface area is 228 Å². The number of carboxylic acid groups (broad SMARTS) is 1. The van der Waals surface area contributed by atoms with Crippen molar-refractivity contribution in [2.75, 3.05) is 25.6 Å². The smallest absolute Gasteiger partial charge is 0.549 e. The summed E-state index contributed by atoms with van der Waals surface area (Å²) in [5.41, 5.74) is 2.43. The van der Waals surface area contributed by atoms with Crippen LogP contribution >= 0.6 is 35.1 Å². The van der Waals surface area contributed by atoms with E-state index in [-0.39, 0.29) is 58.2 Å². The summed E-state index contributed by atoms with van der Waals surface area (Å²) in [5.74, 6) is -0.470. The van der Waals surface area contributed by atoms with Crippen molar-refractivity contribution in [2.45, 2.75) is 11.2 Å². The van der Waals surface area contributed by atoms with Gasteiger partial charge in [0.2, 0.25) is 5.91 Å². The fourth-order valence-corrected chi connectivity index (χ4v) is 5.26. The van der Waals surface area contributed by atoms with Gasteiger partial charge in [0.1, 0.15) is 12.4 Å². The first-order chi connectivity index (χ1) is 15.3. The number of amides is 1. The third-order valence-electron chi connectivity index (χ3n) is 4.44. The minimum absolute atomic E-state index is 0. The summed E-state index contributed by atoms with van der Waals surface area (Å²) in [6.07, 6.45) is 0. The number of nitrogens with zero attached hydrogens (tertiary/aromatic N) is 2. The van der Waals surface area contributed by atoms with Crippen molar-refractivity contribution in [1.29, 1.82) is 0 Å². The summed E-state index contributed by atoms with van der Waals surface area (Å²) in [4.78, 5) is 29.1. The van der Waals surface area contributed by atoms with Gasteiger partial charge in [-0.25, -0.2) is 4.98 Å². The zero-order chi connectivity index (χ0) is 23.1. The maximum Gasteiger partial charge on any atom is 1.00 e. The molecular formula is C23H22ClN2NaO4S2. The van der Waals surface area contributed by atoms with E-state index in [1.54, 1.807) is 14.1 Å². The number of hydrogen-bond donors (Lipinski definition) is 0. The molecule has 0 aliphatic heterocycles. The summed E-state index contributed by atoms with van der Waals surface area (Å²) in [6.45, 7) is 0.273. The molecule has 6 nitrogen and oxygen atoms in total. The van der Waals surface area contributed by atoms with Gasteiger partial charge in [0.15, 0.2) is 0 Å². The molecule has 0 N–H and O–H groups in total. The van der Waals surface area contributed by atoms with Gasteiger partial charge in [-0.15, -0.1) is 23.5 Å². The van der Waals surface area contributed by atoms with Crippen LogP contribution in [-0.4, -0.2) is 47.4 Å². The van der Waals surface area contributed by atoms with Crippen LogP contribution in [0.3, 0.4) is 0 Å². The third kappa shape index (κ3) is 8.70. The Hall–Kier alpha value is -1.42. The van der Waals surface area contributed by atoms with Crippen molar-refractivity contribution in [3.8, 4) is 5.75 Å². The molecule has 1 unspecified atom stereocenters. The van der Waals surface area contributed by atoms with Crippen LogP contribution in [0.5, 0.6) is 5.75 Å². The van der Waals surface area contributed by atoms with Crippen LogP contribution in [0.25, 0.3) is 10.9 Å². The first-order valence-electron chi connectivity index (χ1n) is 9.73. The van der Waals surface area contributed by atoms with Crippen LogP contribution in [0.2, 0.25) is 5.02 Å². The van der Waals surface area contributed by atoms with Crippen molar-refractivity contribution in [1.82, 2.24) is 9.88 Å². The standard InChI is InChI=1S/C23H23ClN2O4S2.Na/c1-26(2)21(27)13-31-23(32-14-22(28)29)16-4-3-5-19(10-16)30-12-18-9-7-15-6-8-17(24)11-20(15)25-18;/h3-11,23H,12-14H2,1-2H3,(H,28,29);/q;+1/p-1. The number of fused-ring (bicyclic) bond motifs is 1. The Kier molecular flexibility index (Phi) is 11.4. The topological polar surface area (TPSA) is 82.6 Å². The molecule has 0 fully saturated rings. The van der Waals surface area contributed by atoms with Crippen molar-refractivity contribution in [2.24, 2.45) is 0 Å². The number of aliphatic carboxylic acids is 1. The van der Waals surface area contributed by atoms with Crippen LogP contribution in [0.15, 0.2) is 54.6 Å². The van der Waals surface area contributed by atoms with E-state index in [1.165, 1.54) is 28.4 Å². The molecule has 1 atom stereocenters. The van der Waals surface area contributed by atoms with E-state index in [4.69, 9.17) is 16.3 Å². The fraction of sp³-hybridized carbons (Fsp3) is 0.261. The number of carbonyl (C=O) groups excluding carboxylic acids is 2. The number of benzene rings is 2. The molecule has 1 amide bonds. The first kappa shape index (κ1) is 27.8. The molecule has 10 heteroatoms. The van der Waals surface area contributed by atoms with Crippen LogP contribution in [0.1, 0.15) is 15.8 Å². The first-order valence-corrected chi connectivity index (χ1v) is 12.2. The summed E-state index contributed by atoms with van der Waals surface area (Å²) in [7, 11) is 3.38. The van der Waals surface area contributed by atoms with Crippen molar-refractivity contribution < 1.29 is 49.0 Å². The number of carboxylic acids is 1. The quantitative estimate of drug-likeness (QED) is 0.293. The van der Waals surface area contributed by atoms with Crippen LogP contribution in [0, 0.1) is 0 Å². The Morgan fingerprint density at radius 3 is 2.55 bits per heavy atom. The van der Waals surface area contributed by atoms with Gasteiger partial charge in [0.05, 0.1) is 27.5 Å². The van der Waals surface area contributed by atoms with E-state index in [9.17, 15) is 14.7 Å². The number of ether oxygens (including phenoxy) is 1. The monoisotopic (exact) mass is 512 g/mol. The van der Waals surface area contributed by atoms with Gasteiger partial charge in [-0.05, 0) is 35.9 Å². The largest absolute Gasteiger partial charge is 1.00 e. The SMILES string of the molecule is CN(C)C(=O)CSC(SCC(=O)[O-])c1cccc(OCc2ccc3ccc(Cl)cc3n2)c1.[Na+]. The molecule has 0 aliphatic rings. The molecule has 0 aliphatic carbocycles. The fourth-order valence-electron chi connectivity index (χ4n) is 2.78. The Morgan fingerprint density at radius 2 is 1.82 bits per heavy atom. The van der Waals surface area contributed by atoms with Gasteiger partial charge in [-0.1, -0.05) is 35.9 Å². The molecule has 3 rings (SSSR count). The van der Waals surface area contributed by atoms with E-state index in [2.05, 4.69) is 4.98 Å². The normalized spacial score (nSPS) is 11.5. The number of pyridine rings is 1. The van der Waals surface area contributed by atoms with Gasteiger partial charge >= 0.3 is 29.6 Å². The Bertz CT molecular complexity index is 1120. The molecule has 0 saturated heterocycles. The molecule has 1 aromatic heterocycles. The van der Waals surface area contributed by atoms with E-state index in [1.807, 2.05) is 54.6 Å². The van der Waals surface area contributed by atoms with Gasteiger partial charge in [0, 0.05) is 30.3 Å². The summed E-state index contributed by atoms with van der Waals surface area (Å²) in [5, 5.41) is 12.6. The maximum absolute atomic E-state index is 12.0. The minimum atomic E-state index is -1.14. The number of carbonyl (C=O) groups is 2. The predicted molar refractivity (Wildman–Crippen MR) is 129 cm³/mol. The van der Waals surface area contributed by atoms with E-state index < -0.39 is 5.97 Å². The average Bonchev–Trinajstić information content (AvgIpc) is 2.77. The molecule has 2 aromatic carbocycles. The zero-order valence-electron chi connectivity index (χ0n) is 18.6. The number of aromatic nitrogens is 1. The van der Waals surface area contributed by atoms with Crippen molar-refractivity contribution in [3.05, 3.63) is 70.9 Å². The molecule has 33 heavy (non-hydrogen) atoms.